The predicted octanol–water partition coefficient (Wildman–Crippen LogP) is 6.38. The number of thioether (sulfide) groups is 1. The molecule has 154 valence electrons. The van der Waals surface area contributed by atoms with Crippen molar-refractivity contribution in [1.82, 2.24) is 4.90 Å². The third-order valence-corrected chi connectivity index (χ3v) is 6.98. The summed E-state index contributed by atoms with van der Waals surface area (Å²) in [6.45, 7) is 3.83. The Hall–Kier alpha value is -2.52. The third-order valence-electron chi connectivity index (χ3n) is 5.90. The molecule has 4 rings (SSSR count). The van der Waals surface area contributed by atoms with Crippen LogP contribution in [0.15, 0.2) is 83.8 Å². The molecule has 1 aliphatic heterocycles. The minimum Gasteiger partial charge on any atom is -0.339 e. The zero-order chi connectivity index (χ0) is 20.8. The van der Waals surface area contributed by atoms with E-state index in [9.17, 15) is 4.79 Å². The molecule has 3 aromatic carbocycles. The summed E-state index contributed by atoms with van der Waals surface area (Å²) in [5.41, 5.74) is 4.74. The molecule has 3 aromatic rings. The van der Waals surface area contributed by atoms with Gasteiger partial charge in [-0.15, -0.1) is 11.8 Å². The van der Waals surface area contributed by atoms with Gasteiger partial charge in [-0.1, -0.05) is 60.2 Å². The van der Waals surface area contributed by atoms with Crippen molar-refractivity contribution in [3.05, 3.63) is 101 Å². The van der Waals surface area contributed by atoms with Gasteiger partial charge in [0.25, 0.3) is 5.91 Å². The Morgan fingerprint density at radius 3 is 2.20 bits per heavy atom. The van der Waals surface area contributed by atoms with E-state index in [0.29, 0.717) is 5.92 Å². The van der Waals surface area contributed by atoms with Crippen molar-refractivity contribution in [3.8, 4) is 0 Å². The van der Waals surface area contributed by atoms with Crippen molar-refractivity contribution >= 4 is 17.7 Å². The Labute approximate surface area is 184 Å². The van der Waals surface area contributed by atoms with Crippen LogP contribution in [0, 0.1) is 12.8 Å². The van der Waals surface area contributed by atoms with Crippen LogP contribution >= 0.6 is 11.8 Å². The van der Waals surface area contributed by atoms with Crippen LogP contribution in [0.3, 0.4) is 0 Å². The molecular formula is C27H29NOS. The second-order valence-corrected chi connectivity index (χ2v) is 9.27. The molecule has 3 heteroatoms. The van der Waals surface area contributed by atoms with E-state index in [0.717, 1.165) is 43.7 Å². The number of carbonyl (C=O) groups is 1. The van der Waals surface area contributed by atoms with Gasteiger partial charge < -0.3 is 4.90 Å². The lowest BCUT2D eigenvalue weighted by molar-refractivity contribution is 0.0690. The standard InChI is InChI=1S/C27H29NOS/c1-21-7-13-26(14-8-21)30-20-24-9-11-25(12-10-24)27(29)28-17-15-23(16-18-28)19-22-5-3-2-4-6-22/h2-14,23H,15-20H2,1H3. The van der Waals surface area contributed by atoms with Crippen LogP contribution in [0.2, 0.25) is 0 Å². The van der Waals surface area contributed by atoms with E-state index in [1.165, 1.54) is 21.6 Å². The smallest absolute Gasteiger partial charge is 0.253 e. The van der Waals surface area contributed by atoms with E-state index in [4.69, 9.17) is 0 Å². The van der Waals surface area contributed by atoms with Crippen molar-refractivity contribution < 1.29 is 4.79 Å². The molecule has 1 aliphatic rings. The molecular weight excluding hydrogens is 386 g/mol. The van der Waals surface area contributed by atoms with Gasteiger partial charge in [0.05, 0.1) is 0 Å². The van der Waals surface area contributed by atoms with E-state index < -0.39 is 0 Å². The summed E-state index contributed by atoms with van der Waals surface area (Å²) >= 11 is 1.83. The Bertz CT molecular complexity index is 942. The van der Waals surface area contributed by atoms with Gasteiger partial charge in [0.2, 0.25) is 0 Å². The van der Waals surface area contributed by atoms with E-state index >= 15 is 0 Å². The molecule has 0 aliphatic carbocycles. The molecule has 0 N–H and O–H groups in total. The minimum absolute atomic E-state index is 0.172. The fourth-order valence-corrected chi connectivity index (χ4v) is 4.87. The lowest BCUT2D eigenvalue weighted by Crippen LogP contribution is -2.38. The maximum absolute atomic E-state index is 12.9. The normalized spacial score (nSPS) is 14.6. The molecule has 1 saturated heterocycles. The monoisotopic (exact) mass is 415 g/mol. The van der Waals surface area contributed by atoms with Crippen LogP contribution in [-0.4, -0.2) is 23.9 Å². The van der Waals surface area contributed by atoms with Gasteiger partial charge in [-0.2, -0.15) is 0 Å². The first-order valence-electron chi connectivity index (χ1n) is 10.8. The lowest BCUT2D eigenvalue weighted by atomic mass is 9.90. The van der Waals surface area contributed by atoms with Crippen molar-refractivity contribution in [1.29, 1.82) is 0 Å². The van der Waals surface area contributed by atoms with Gasteiger partial charge in [-0.3, -0.25) is 4.79 Å². The van der Waals surface area contributed by atoms with Crippen LogP contribution in [0.1, 0.15) is 39.9 Å². The number of likely N-dealkylation sites (tertiary alicyclic amines) is 1. The zero-order valence-corrected chi connectivity index (χ0v) is 18.4. The van der Waals surface area contributed by atoms with Crippen LogP contribution in [0.5, 0.6) is 0 Å². The van der Waals surface area contributed by atoms with E-state index in [2.05, 4.69) is 73.7 Å². The largest absolute Gasteiger partial charge is 0.339 e. The number of aryl methyl sites for hydroxylation is 1. The molecule has 0 radical (unpaired) electrons. The van der Waals surface area contributed by atoms with Gasteiger partial charge in [0, 0.05) is 29.3 Å². The number of benzene rings is 3. The Kier molecular flexibility index (Phi) is 6.91. The molecule has 0 unspecified atom stereocenters. The Balaban J connectivity index is 1.27. The molecule has 1 fully saturated rings. The quantitative estimate of drug-likeness (QED) is 0.435. The summed E-state index contributed by atoms with van der Waals surface area (Å²) in [5, 5.41) is 0. The van der Waals surface area contributed by atoms with Gasteiger partial charge in [-0.25, -0.2) is 0 Å². The molecule has 1 heterocycles. The number of rotatable bonds is 6. The van der Waals surface area contributed by atoms with E-state index in [-0.39, 0.29) is 5.91 Å². The molecule has 0 spiro atoms. The average Bonchev–Trinajstić information content (AvgIpc) is 2.80. The maximum Gasteiger partial charge on any atom is 0.253 e. The van der Waals surface area contributed by atoms with Crippen molar-refractivity contribution in [2.45, 2.75) is 36.8 Å². The molecule has 2 nitrogen and oxygen atoms in total. The van der Waals surface area contributed by atoms with Crippen LogP contribution in [0.4, 0.5) is 0 Å². The summed E-state index contributed by atoms with van der Waals surface area (Å²) in [6, 6.07) is 27.5. The first-order valence-corrected chi connectivity index (χ1v) is 11.8. The van der Waals surface area contributed by atoms with Crippen LogP contribution in [-0.2, 0) is 12.2 Å². The van der Waals surface area contributed by atoms with Crippen LogP contribution < -0.4 is 0 Å². The molecule has 1 amide bonds. The molecule has 0 bridgehead atoms. The van der Waals surface area contributed by atoms with Crippen molar-refractivity contribution in [2.24, 2.45) is 5.92 Å². The van der Waals surface area contributed by atoms with Gasteiger partial charge in [-0.05, 0) is 67.5 Å². The van der Waals surface area contributed by atoms with E-state index in [1.807, 2.05) is 28.8 Å². The Morgan fingerprint density at radius 1 is 0.867 bits per heavy atom. The molecule has 0 saturated carbocycles. The Morgan fingerprint density at radius 2 is 1.53 bits per heavy atom. The molecule has 0 aromatic heterocycles. The summed E-state index contributed by atoms with van der Waals surface area (Å²) < 4.78 is 0. The summed E-state index contributed by atoms with van der Waals surface area (Å²) in [7, 11) is 0. The fourth-order valence-electron chi connectivity index (χ4n) is 4.01. The summed E-state index contributed by atoms with van der Waals surface area (Å²) in [4.78, 5) is 16.2. The highest BCUT2D eigenvalue weighted by molar-refractivity contribution is 7.98. The second-order valence-electron chi connectivity index (χ2n) is 8.22. The highest BCUT2D eigenvalue weighted by Crippen LogP contribution is 2.25. The molecule has 0 atom stereocenters. The number of carbonyl (C=O) groups excluding carboxylic acids is 1. The number of amides is 1. The SMILES string of the molecule is Cc1ccc(SCc2ccc(C(=O)N3CCC(Cc4ccccc4)CC3)cc2)cc1. The highest BCUT2D eigenvalue weighted by Gasteiger charge is 2.23. The first kappa shape index (κ1) is 20.7. The van der Waals surface area contributed by atoms with E-state index in [1.54, 1.807) is 0 Å². The van der Waals surface area contributed by atoms with Crippen molar-refractivity contribution in [3.63, 3.8) is 0 Å². The zero-order valence-electron chi connectivity index (χ0n) is 17.6. The number of hydrogen-bond acceptors (Lipinski definition) is 2. The van der Waals surface area contributed by atoms with Gasteiger partial charge >= 0.3 is 0 Å². The maximum atomic E-state index is 12.9. The van der Waals surface area contributed by atoms with Gasteiger partial charge in [0.1, 0.15) is 0 Å². The second kappa shape index (κ2) is 9.99. The topological polar surface area (TPSA) is 20.3 Å². The third kappa shape index (κ3) is 5.54. The first-order chi connectivity index (χ1) is 14.7. The summed E-state index contributed by atoms with van der Waals surface area (Å²) in [5.74, 6) is 1.77. The van der Waals surface area contributed by atoms with Crippen molar-refractivity contribution in [2.75, 3.05) is 13.1 Å². The van der Waals surface area contributed by atoms with Gasteiger partial charge in [0.15, 0.2) is 0 Å². The summed E-state index contributed by atoms with van der Waals surface area (Å²) in [6.07, 6.45) is 3.30. The molecule has 30 heavy (non-hydrogen) atoms. The number of nitrogens with zero attached hydrogens (tertiary/aromatic N) is 1. The highest BCUT2D eigenvalue weighted by atomic mass is 32.2. The van der Waals surface area contributed by atoms with Crippen LogP contribution in [0.25, 0.3) is 0 Å². The lowest BCUT2D eigenvalue weighted by Gasteiger charge is -2.32. The fraction of sp³-hybridized carbons (Fsp3) is 0.296. The number of hydrogen-bond donors (Lipinski definition) is 0. The minimum atomic E-state index is 0.172. The average molecular weight is 416 g/mol. The number of piperidine rings is 1. The predicted molar refractivity (Wildman–Crippen MR) is 126 cm³/mol.